The standard InChI is InChI=1S/C11H12NO2.U.W/c1-5-7-9-8(3)12-10(13)14-11(9,4)6-2;;/h3,7H,2,4,6H2,1H3,(H,12,13);;/q-3;+2;. The Morgan fingerprint density at radius 1 is 1.69 bits per heavy atom. The van der Waals surface area contributed by atoms with Crippen molar-refractivity contribution in [3.63, 3.8) is 0 Å². The van der Waals surface area contributed by atoms with Gasteiger partial charge in [0.25, 0.3) is 0 Å². The summed E-state index contributed by atoms with van der Waals surface area (Å²) in [6.07, 6.45) is 4.60. The number of alkyl carbamates (subject to hydrolysis) is 1. The quantitative estimate of drug-likeness (QED) is 0.492. The van der Waals surface area contributed by atoms with Gasteiger partial charge in [0, 0.05) is 0 Å². The Morgan fingerprint density at radius 2 is 2.31 bits per heavy atom. The van der Waals surface area contributed by atoms with Gasteiger partial charge in [0.05, 0.1) is 0 Å². The zero-order valence-corrected chi connectivity index (χ0v) is 16.1. The Morgan fingerprint density at radius 3 is 2.75 bits per heavy atom. The maximum atomic E-state index is 11.3. The SMILES string of the molecule is [CH2-]CC1([CH2-])OC(=O)NC([CH]=[W])=C1C=[C-]C.[U+2]. The van der Waals surface area contributed by atoms with E-state index in [1.807, 2.05) is 4.40 Å². The van der Waals surface area contributed by atoms with Crippen LogP contribution in [0.2, 0.25) is 0 Å². The minimum Gasteiger partial charge on any atom is 2.00 e. The third-order valence-corrected chi connectivity index (χ3v) is 2.96. The molecule has 3 nitrogen and oxygen atoms in total. The van der Waals surface area contributed by atoms with Crippen LogP contribution < -0.4 is 5.32 Å². The van der Waals surface area contributed by atoms with E-state index in [9.17, 15) is 4.79 Å². The Hall–Kier alpha value is 0.360. The topological polar surface area (TPSA) is 38.3 Å². The van der Waals surface area contributed by atoms with E-state index in [1.165, 1.54) is 19.4 Å². The Labute approximate surface area is 131 Å². The molecular formula is C11H12NO2UW-. The van der Waals surface area contributed by atoms with Crippen molar-refractivity contribution in [2.24, 2.45) is 0 Å². The Bertz CT molecular complexity index is 352. The van der Waals surface area contributed by atoms with Crippen molar-refractivity contribution in [1.82, 2.24) is 5.32 Å². The number of cyclic esters (lactones) is 1. The maximum Gasteiger partial charge on any atom is 2.00 e. The van der Waals surface area contributed by atoms with Crippen molar-refractivity contribution >= 4 is 10.5 Å². The van der Waals surface area contributed by atoms with Gasteiger partial charge in [-0.1, -0.05) is 0 Å². The number of carbonyl (C=O) groups is 1. The van der Waals surface area contributed by atoms with E-state index < -0.39 is 11.7 Å². The van der Waals surface area contributed by atoms with Crippen LogP contribution >= 0.6 is 0 Å². The Kier molecular flexibility index (Phi) is 7.10. The molecule has 1 amide bonds. The molecule has 0 aliphatic carbocycles. The number of hydrogen-bond acceptors (Lipinski definition) is 2. The molecule has 1 rings (SSSR count). The third-order valence-electron chi connectivity index (χ3n) is 2.12. The van der Waals surface area contributed by atoms with Gasteiger partial charge in [-0.15, -0.1) is 0 Å². The van der Waals surface area contributed by atoms with E-state index in [-0.39, 0.29) is 31.1 Å². The van der Waals surface area contributed by atoms with Crippen LogP contribution in [0.3, 0.4) is 0 Å². The van der Waals surface area contributed by atoms with Crippen LogP contribution in [0.25, 0.3) is 0 Å². The molecule has 0 saturated heterocycles. The molecule has 1 heterocycles. The minimum atomic E-state index is -0.896. The van der Waals surface area contributed by atoms with Crippen LogP contribution in [0.15, 0.2) is 17.3 Å². The number of carbonyl (C=O) groups excluding carboxylic acids is 1. The van der Waals surface area contributed by atoms with E-state index >= 15 is 0 Å². The molecule has 1 unspecified atom stereocenters. The summed E-state index contributed by atoms with van der Waals surface area (Å²) in [7, 11) is 0. The summed E-state index contributed by atoms with van der Waals surface area (Å²) in [4.78, 5) is 11.3. The summed E-state index contributed by atoms with van der Waals surface area (Å²) in [5.41, 5.74) is 0.663. The monoisotopic (exact) mass is 612 g/mol. The van der Waals surface area contributed by atoms with Crippen LogP contribution in [0.5, 0.6) is 0 Å². The van der Waals surface area contributed by atoms with Crippen molar-refractivity contribution in [2.45, 2.75) is 18.9 Å². The molecule has 0 aromatic carbocycles. The summed E-state index contributed by atoms with van der Waals surface area (Å²) in [6, 6.07) is 0. The summed E-state index contributed by atoms with van der Waals surface area (Å²) in [5.74, 6) is 0. The van der Waals surface area contributed by atoms with E-state index in [1.54, 1.807) is 13.0 Å². The zero-order chi connectivity index (χ0) is 11.5. The van der Waals surface area contributed by atoms with Crippen molar-refractivity contribution < 1.29 is 60.0 Å². The van der Waals surface area contributed by atoms with Crippen molar-refractivity contribution in [2.75, 3.05) is 0 Å². The van der Waals surface area contributed by atoms with E-state index in [2.05, 4.69) is 25.2 Å². The first kappa shape index (κ1) is 16.4. The number of rotatable bonds is 3. The average Bonchev–Trinajstić information content (AvgIpc) is 2.22. The van der Waals surface area contributed by atoms with Gasteiger partial charge >= 0.3 is 132 Å². The fourth-order valence-corrected chi connectivity index (χ4v) is 1.98. The molecule has 1 atom stereocenters. The molecule has 0 saturated carbocycles. The van der Waals surface area contributed by atoms with Crippen molar-refractivity contribution in [3.8, 4) is 0 Å². The predicted molar refractivity (Wildman–Crippen MR) is 54.3 cm³/mol. The molecule has 0 radical (unpaired) electrons. The van der Waals surface area contributed by atoms with Gasteiger partial charge in [-0.3, -0.25) is 0 Å². The van der Waals surface area contributed by atoms with Crippen LogP contribution in [0.4, 0.5) is 4.79 Å². The Balaban J connectivity index is 0.00000225. The molecule has 16 heavy (non-hydrogen) atoms. The summed E-state index contributed by atoms with van der Waals surface area (Å²) in [6.45, 7) is 9.46. The van der Waals surface area contributed by atoms with E-state index in [4.69, 9.17) is 4.74 Å². The van der Waals surface area contributed by atoms with Crippen LogP contribution in [0.1, 0.15) is 13.3 Å². The van der Waals surface area contributed by atoms with Crippen molar-refractivity contribution in [3.05, 3.63) is 37.3 Å². The zero-order valence-electron chi connectivity index (χ0n) is 9.00. The number of nitrogens with one attached hydrogen (secondary N) is 1. The fraction of sp³-hybridized carbons (Fsp3) is 0.273. The second-order valence-electron chi connectivity index (χ2n) is 3.14. The number of hydrogen-bond donors (Lipinski definition) is 1. The molecule has 0 spiro atoms. The van der Waals surface area contributed by atoms with Crippen LogP contribution in [-0.2, 0) is 24.1 Å². The average molecular weight is 612 g/mol. The minimum absolute atomic E-state index is 0. The van der Waals surface area contributed by atoms with E-state index in [0.717, 1.165) is 11.3 Å². The number of amides is 1. The predicted octanol–water partition coefficient (Wildman–Crippen LogP) is 1.51. The number of ether oxygens (including phenoxy) is 1. The normalized spacial score (nSPS) is 24.8. The summed E-state index contributed by atoms with van der Waals surface area (Å²) in [5, 5.41) is 2.64. The van der Waals surface area contributed by atoms with Gasteiger partial charge in [0.15, 0.2) is 0 Å². The first-order chi connectivity index (χ1) is 7.07. The molecule has 1 aliphatic heterocycles. The maximum absolute atomic E-state index is 11.3. The van der Waals surface area contributed by atoms with Crippen LogP contribution in [0, 0.1) is 51.0 Å². The van der Waals surface area contributed by atoms with Gasteiger partial charge < -0.3 is 0 Å². The number of allylic oxidation sites excluding steroid dienone is 2. The van der Waals surface area contributed by atoms with Gasteiger partial charge in [0.1, 0.15) is 0 Å². The fourth-order valence-electron chi connectivity index (χ4n) is 1.31. The molecule has 84 valence electrons. The van der Waals surface area contributed by atoms with Crippen molar-refractivity contribution in [1.29, 1.82) is 0 Å². The summed E-state index contributed by atoms with van der Waals surface area (Å²) >= 11 is 1.25. The molecular weight excluding hydrogens is 600 g/mol. The van der Waals surface area contributed by atoms with Gasteiger partial charge in [-0.25, -0.2) is 0 Å². The van der Waals surface area contributed by atoms with Gasteiger partial charge in [0.2, 0.25) is 0 Å². The molecule has 0 aromatic rings. The second-order valence-corrected chi connectivity index (χ2v) is 3.98. The molecule has 0 bridgehead atoms. The summed E-state index contributed by atoms with van der Waals surface area (Å²) < 4.78 is 7.04. The largest absolute Gasteiger partial charge is 2.00 e. The smallest absolute Gasteiger partial charge is 2.00 e. The van der Waals surface area contributed by atoms with Gasteiger partial charge in [-0.05, 0) is 0 Å². The second kappa shape index (κ2) is 6.94. The van der Waals surface area contributed by atoms with Gasteiger partial charge in [-0.2, -0.15) is 0 Å². The van der Waals surface area contributed by atoms with E-state index in [0.29, 0.717) is 6.42 Å². The first-order valence-electron chi connectivity index (χ1n) is 4.42. The molecule has 1 N–H and O–H groups in total. The molecule has 5 heteroatoms. The first-order valence-corrected chi connectivity index (χ1v) is 6.11. The third kappa shape index (κ3) is 3.42. The molecule has 0 aromatic heterocycles. The van der Waals surface area contributed by atoms with Crippen LogP contribution in [-0.4, -0.2) is 16.1 Å². The molecule has 0 fully saturated rings. The molecule has 1 aliphatic rings.